The molecule has 0 atom stereocenters. The molecular formula is C15H13N3O4S. The minimum absolute atomic E-state index is 0.218. The second-order valence-corrected chi connectivity index (χ2v) is 5.61. The van der Waals surface area contributed by atoms with Crippen LogP contribution in [0.4, 0.5) is 0 Å². The van der Waals surface area contributed by atoms with Crippen molar-refractivity contribution in [2.45, 2.75) is 13.8 Å². The molecule has 0 aliphatic heterocycles. The lowest BCUT2D eigenvalue weighted by Gasteiger charge is -2.10. The summed E-state index contributed by atoms with van der Waals surface area (Å²) in [7, 11) is 0. The number of fused-ring (bicyclic) bond motifs is 1. The largest absolute Gasteiger partial charge is 0.490 e. The SMILES string of the molecule is CCOc1cc(/C=c2\sc3ncnn3c2=O)ccc1OC(C)=O. The number of aromatic nitrogens is 3. The molecule has 0 radical (unpaired) electrons. The molecule has 0 aliphatic rings. The molecule has 8 heteroatoms. The van der Waals surface area contributed by atoms with E-state index in [1.165, 1.54) is 29.1 Å². The maximum Gasteiger partial charge on any atom is 0.308 e. The summed E-state index contributed by atoms with van der Waals surface area (Å²) >= 11 is 1.25. The van der Waals surface area contributed by atoms with Gasteiger partial charge in [0.2, 0.25) is 4.96 Å². The number of thiazole rings is 1. The van der Waals surface area contributed by atoms with Crippen LogP contribution >= 0.6 is 11.3 Å². The first-order valence-electron chi connectivity index (χ1n) is 6.88. The predicted molar refractivity (Wildman–Crippen MR) is 84.8 cm³/mol. The molecule has 0 N–H and O–H groups in total. The average molecular weight is 331 g/mol. The van der Waals surface area contributed by atoms with Crippen LogP contribution in [0, 0.1) is 0 Å². The van der Waals surface area contributed by atoms with Gasteiger partial charge >= 0.3 is 5.97 Å². The van der Waals surface area contributed by atoms with E-state index in [-0.39, 0.29) is 5.56 Å². The molecule has 2 heterocycles. The fourth-order valence-corrected chi connectivity index (χ4v) is 2.93. The van der Waals surface area contributed by atoms with Crippen molar-refractivity contribution in [1.29, 1.82) is 0 Å². The fraction of sp³-hybridized carbons (Fsp3) is 0.200. The number of esters is 1. The van der Waals surface area contributed by atoms with Crippen LogP contribution < -0.4 is 19.6 Å². The van der Waals surface area contributed by atoms with Crippen LogP contribution in [0.2, 0.25) is 0 Å². The molecule has 0 amide bonds. The van der Waals surface area contributed by atoms with Crippen molar-refractivity contribution in [3.63, 3.8) is 0 Å². The van der Waals surface area contributed by atoms with Gasteiger partial charge in [0.05, 0.1) is 11.1 Å². The van der Waals surface area contributed by atoms with Gasteiger partial charge in [0.15, 0.2) is 11.5 Å². The molecule has 118 valence electrons. The first kappa shape index (κ1) is 15.2. The highest BCUT2D eigenvalue weighted by Crippen LogP contribution is 2.28. The van der Waals surface area contributed by atoms with Gasteiger partial charge in [-0.2, -0.15) is 9.61 Å². The molecule has 0 bridgehead atoms. The second-order valence-electron chi connectivity index (χ2n) is 4.60. The number of hydrogen-bond donors (Lipinski definition) is 0. The molecule has 1 aromatic carbocycles. The van der Waals surface area contributed by atoms with Gasteiger partial charge in [0.1, 0.15) is 6.33 Å². The van der Waals surface area contributed by atoms with Crippen LogP contribution in [0.1, 0.15) is 19.4 Å². The Morgan fingerprint density at radius 2 is 2.22 bits per heavy atom. The molecular weight excluding hydrogens is 318 g/mol. The van der Waals surface area contributed by atoms with Crippen LogP contribution in [-0.4, -0.2) is 27.2 Å². The summed E-state index contributed by atoms with van der Waals surface area (Å²) in [6.07, 6.45) is 3.07. The maximum atomic E-state index is 12.2. The minimum atomic E-state index is -0.421. The van der Waals surface area contributed by atoms with Crippen molar-refractivity contribution >= 4 is 28.3 Å². The summed E-state index contributed by atoms with van der Waals surface area (Å²) in [6.45, 7) is 3.60. The van der Waals surface area contributed by atoms with Gasteiger partial charge in [-0.25, -0.2) is 4.98 Å². The third-order valence-electron chi connectivity index (χ3n) is 2.94. The van der Waals surface area contributed by atoms with E-state index < -0.39 is 5.97 Å². The zero-order valence-corrected chi connectivity index (χ0v) is 13.3. The van der Waals surface area contributed by atoms with Crippen LogP contribution in [0.15, 0.2) is 29.3 Å². The topological polar surface area (TPSA) is 82.8 Å². The average Bonchev–Trinajstić information content (AvgIpc) is 3.06. The highest BCUT2D eigenvalue weighted by Gasteiger charge is 2.09. The van der Waals surface area contributed by atoms with E-state index in [1.807, 2.05) is 6.92 Å². The number of nitrogens with zero attached hydrogens (tertiary/aromatic N) is 3. The third kappa shape index (κ3) is 3.07. The summed E-state index contributed by atoms with van der Waals surface area (Å²) < 4.78 is 12.4. The lowest BCUT2D eigenvalue weighted by molar-refractivity contribution is -0.132. The molecule has 3 aromatic rings. The maximum absolute atomic E-state index is 12.2. The number of carbonyl (C=O) groups is 1. The Balaban J connectivity index is 2.05. The highest BCUT2D eigenvalue weighted by molar-refractivity contribution is 7.15. The summed E-state index contributed by atoms with van der Waals surface area (Å²) in [5.74, 6) is 0.375. The number of hydrogen-bond acceptors (Lipinski definition) is 7. The Hall–Kier alpha value is -2.74. The standard InChI is InChI=1S/C15H13N3O4S/c1-3-21-12-6-10(4-5-11(12)22-9(2)19)7-13-14(20)18-15(23-13)16-8-17-18/h4-8H,3H2,1-2H3/b13-7-. The van der Waals surface area contributed by atoms with Crippen LogP contribution in [-0.2, 0) is 4.79 Å². The molecule has 0 aliphatic carbocycles. The summed E-state index contributed by atoms with van der Waals surface area (Å²) in [5.41, 5.74) is 0.537. The third-order valence-corrected chi connectivity index (χ3v) is 3.91. The quantitative estimate of drug-likeness (QED) is 0.524. The van der Waals surface area contributed by atoms with Crippen LogP contribution in [0.3, 0.4) is 0 Å². The Labute approximate surface area is 134 Å². The summed E-state index contributed by atoms with van der Waals surface area (Å²) in [5, 5.41) is 3.88. The molecule has 0 spiro atoms. The van der Waals surface area contributed by atoms with Crippen molar-refractivity contribution in [1.82, 2.24) is 14.6 Å². The molecule has 0 saturated carbocycles. The molecule has 3 rings (SSSR count). The van der Waals surface area contributed by atoms with Crippen molar-refractivity contribution in [3.8, 4) is 11.5 Å². The van der Waals surface area contributed by atoms with E-state index in [9.17, 15) is 9.59 Å². The molecule has 7 nitrogen and oxygen atoms in total. The van der Waals surface area contributed by atoms with E-state index in [2.05, 4.69) is 10.1 Å². The lowest BCUT2D eigenvalue weighted by atomic mass is 10.2. The van der Waals surface area contributed by atoms with Gasteiger partial charge in [0, 0.05) is 6.92 Å². The van der Waals surface area contributed by atoms with Gasteiger partial charge in [0.25, 0.3) is 5.56 Å². The van der Waals surface area contributed by atoms with E-state index in [1.54, 1.807) is 24.3 Å². The number of ether oxygens (including phenoxy) is 2. The zero-order valence-electron chi connectivity index (χ0n) is 12.5. The van der Waals surface area contributed by atoms with Gasteiger partial charge in [-0.15, -0.1) is 0 Å². The Morgan fingerprint density at radius 1 is 1.39 bits per heavy atom. The Bertz CT molecular complexity index is 976. The normalized spacial score (nSPS) is 11.8. The van der Waals surface area contributed by atoms with E-state index in [0.717, 1.165) is 5.56 Å². The molecule has 0 fully saturated rings. The molecule has 0 unspecified atom stereocenters. The van der Waals surface area contributed by atoms with Gasteiger partial charge in [-0.3, -0.25) is 9.59 Å². The lowest BCUT2D eigenvalue weighted by Crippen LogP contribution is -2.23. The molecule has 0 saturated heterocycles. The van der Waals surface area contributed by atoms with Crippen molar-refractivity contribution in [2.24, 2.45) is 0 Å². The molecule has 2 aromatic heterocycles. The predicted octanol–water partition coefficient (Wildman–Crippen LogP) is 1.02. The van der Waals surface area contributed by atoms with E-state index in [0.29, 0.717) is 27.6 Å². The van der Waals surface area contributed by atoms with Crippen molar-refractivity contribution in [2.75, 3.05) is 6.61 Å². The van der Waals surface area contributed by atoms with Gasteiger partial charge in [-0.1, -0.05) is 17.4 Å². The Kier molecular flexibility index (Phi) is 4.07. The van der Waals surface area contributed by atoms with Gasteiger partial charge in [-0.05, 0) is 30.7 Å². The van der Waals surface area contributed by atoms with Crippen molar-refractivity contribution < 1.29 is 14.3 Å². The highest BCUT2D eigenvalue weighted by atomic mass is 32.1. The van der Waals surface area contributed by atoms with E-state index >= 15 is 0 Å². The fourth-order valence-electron chi connectivity index (χ4n) is 2.05. The first-order valence-corrected chi connectivity index (χ1v) is 7.69. The van der Waals surface area contributed by atoms with E-state index in [4.69, 9.17) is 9.47 Å². The molecule has 23 heavy (non-hydrogen) atoms. The van der Waals surface area contributed by atoms with Crippen molar-refractivity contribution in [3.05, 3.63) is 45.0 Å². The number of carbonyl (C=O) groups excluding carboxylic acids is 1. The second kappa shape index (κ2) is 6.17. The minimum Gasteiger partial charge on any atom is -0.490 e. The van der Waals surface area contributed by atoms with Crippen LogP contribution in [0.25, 0.3) is 11.0 Å². The monoisotopic (exact) mass is 331 g/mol. The van der Waals surface area contributed by atoms with Crippen LogP contribution in [0.5, 0.6) is 11.5 Å². The number of benzene rings is 1. The summed E-state index contributed by atoms with van der Waals surface area (Å²) in [6, 6.07) is 5.10. The van der Waals surface area contributed by atoms with Gasteiger partial charge < -0.3 is 9.47 Å². The smallest absolute Gasteiger partial charge is 0.308 e. The number of rotatable bonds is 4. The zero-order chi connectivity index (χ0) is 16.4. The summed E-state index contributed by atoms with van der Waals surface area (Å²) in [4.78, 5) is 27.8. The Morgan fingerprint density at radius 3 is 2.91 bits per heavy atom. The first-order chi connectivity index (χ1) is 11.1.